The van der Waals surface area contributed by atoms with Crippen molar-refractivity contribution in [2.75, 3.05) is 18.0 Å². The molecular weight excluding hydrogens is 342 g/mol. The number of aliphatic imine (C=N–C) groups is 1. The van der Waals surface area contributed by atoms with Crippen LogP contribution in [0.1, 0.15) is 25.3 Å². The lowest BCUT2D eigenvalue weighted by Gasteiger charge is -2.29. The maximum absolute atomic E-state index is 12.4. The standard InChI is InChI=1S/C19H27N7O/c1-2-15-10-14-12-26(19(27)25-17(14)24-15)16-6-4-13(5-7-16)11-22-8-3-9-23-18(20)21/h4-7,10,12,17,22,24H,2-3,8-9,11H2,1H3,(H,25,27)(H4,20,21,23). The molecule has 7 N–H and O–H groups in total. The first-order chi connectivity index (χ1) is 13.1. The third kappa shape index (κ3) is 4.79. The summed E-state index contributed by atoms with van der Waals surface area (Å²) in [6, 6.07) is 7.83. The minimum Gasteiger partial charge on any atom is -0.370 e. The molecule has 2 amide bonds. The fourth-order valence-corrected chi connectivity index (χ4v) is 3.04. The highest BCUT2D eigenvalue weighted by Gasteiger charge is 2.30. The van der Waals surface area contributed by atoms with E-state index < -0.39 is 0 Å². The Balaban J connectivity index is 1.55. The molecule has 3 rings (SSSR count). The SMILES string of the molecule is CCC1=CC2=CN(c3ccc(CNCCCN=C(N)N)cc3)C(=O)NC2N1. The van der Waals surface area contributed by atoms with Crippen LogP contribution in [0.3, 0.4) is 0 Å². The molecule has 2 heterocycles. The van der Waals surface area contributed by atoms with Gasteiger partial charge in [0.25, 0.3) is 0 Å². The van der Waals surface area contributed by atoms with Crippen LogP contribution in [0.2, 0.25) is 0 Å². The molecule has 8 heteroatoms. The van der Waals surface area contributed by atoms with E-state index in [0.717, 1.165) is 48.5 Å². The minimum atomic E-state index is -0.132. The van der Waals surface area contributed by atoms with Crippen LogP contribution in [0.15, 0.2) is 52.8 Å². The molecule has 2 aliphatic rings. The van der Waals surface area contributed by atoms with E-state index in [1.54, 1.807) is 4.90 Å². The van der Waals surface area contributed by atoms with Gasteiger partial charge in [-0.3, -0.25) is 9.89 Å². The molecule has 0 spiro atoms. The van der Waals surface area contributed by atoms with Crippen LogP contribution >= 0.6 is 0 Å². The average Bonchev–Trinajstić information content (AvgIpc) is 3.06. The fraction of sp³-hybridized carbons (Fsp3) is 0.368. The first kappa shape index (κ1) is 18.8. The highest BCUT2D eigenvalue weighted by atomic mass is 16.2. The van der Waals surface area contributed by atoms with Gasteiger partial charge in [-0.25, -0.2) is 4.79 Å². The van der Waals surface area contributed by atoms with E-state index in [0.29, 0.717) is 6.54 Å². The summed E-state index contributed by atoms with van der Waals surface area (Å²) in [4.78, 5) is 18.0. The number of urea groups is 1. The van der Waals surface area contributed by atoms with Crippen molar-refractivity contribution in [1.29, 1.82) is 0 Å². The predicted molar refractivity (Wildman–Crippen MR) is 108 cm³/mol. The lowest BCUT2D eigenvalue weighted by Crippen LogP contribution is -2.51. The van der Waals surface area contributed by atoms with Gasteiger partial charge in [0.05, 0.1) is 5.69 Å². The van der Waals surface area contributed by atoms with Gasteiger partial charge in [-0.05, 0) is 43.2 Å². The number of benzene rings is 1. The molecule has 1 aromatic carbocycles. The Hall–Kier alpha value is -3.00. The topological polar surface area (TPSA) is 121 Å². The zero-order chi connectivity index (χ0) is 19.2. The van der Waals surface area contributed by atoms with E-state index in [1.165, 1.54) is 0 Å². The van der Waals surface area contributed by atoms with Crippen molar-refractivity contribution in [3.8, 4) is 0 Å². The van der Waals surface area contributed by atoms with Crippen molar-refractivity contribution in [2.45, 2.75) is 32.5 Å². The second-order valence-corrected chi connectivity index (χ2v) is 6.55. The van der Waals surface area contributed by atoms with E-state index in [4.69, 9.17) is 11.5 Å². The molecule has 1 aromatic rings. The molecule has 0 radical (unpaired) electrons. The van der Waals surface area contributed by atoms with E-state index in [1.807, 2.05) is 30.5 Å². The molecule has 144 valence electrons. The number of hydrogen-bond acceptors (Lipinski definition) is 4. The van der Waals surface area contributed by atoms with Gasteiger partial charge in [-0.1, -0.05) is 19.1 Å². The number of guanidine groups is 1. The summed E-state index contributed by atoms with van der Waals surface area (Å²) in [6.45, 7) is 4.30. The van der Waals surface area contributed by atoms with Gasteiger partial charge in [0, 0.05) is 30.6 Å². The van der Waals surface area contributed by atoms with Gasteiger partial charge >= 0.3 is 6.03 Å². The Kier molecular flexibility index (Phi) is 5.97. The van der Waals surface area contributed by atoms with Gasteiger partial charge < -0.3 is 27.4 Å². The van der Waals surface area contributed by atoms with Crippen molar-refractivity contribution in [3.63, 3.8) is 0 Å². The minimum absolute atomic E-state index is 0.119. The molecule has 2 aliphatic heterocycles. The number of hydrogen-bond donors (Lipinski definition) is 5. The Morgan fingerprint density at radius 1 is 1.26 bits per heavy atom. The van der Waals surface area contributed by atoms with Gasteiger partial charge in [0.2, 0.25) is 0 Å². The number of carbonyl (C=O) groups is 1. The van der Waals surface area contributed by atoms with Crippen LogP contribution < -0.4 is 32.3 Å². The van der Waals surface area contributed by atoms with E-state index in [9.17, 15) is 4.79 Å². The van der Waals surface area contributed by atoms with Crippen LogP contribution in [-0.2, 0) is 6.54 Å². The highest BCUT2D eigenvalue weighted by molar-refractivity contribution is 5.96. The second kappa shape index (κ2) is 8.59. The Morgan fingerprint density at radius 3 is 2.74 bits per heavy atom. The quantitative estimate of drug-likeness (QED) is 0.267. The van der Waals surface area contributed by atoms with Gasteiger partial charge in [-0.2, -0.15) is 0 Å². The predicted octanol–water partition coefficient (Wildman–Crippen LogP) is 1.08. The number of carbonyl (C=O) groups excluding carboxylic acids is 1. The largest absolute Gasteiger partial charge is 0.370 e. The van der Waals surface area contributed by atoms with Gasteiger partial charge in [0.1, 0.15) is 6.17 Å². The van der Waals surface area contributed by atoms with Crippen LogP contribution in [0.5, 0.6) is 0 Å². The number of nitrogens with two attached hydrogens (primary N) is 2. The monoisotopic (exact) mass is 369 g/mol. The number of allylic oxidation sites excluding steroid dienone is 1. The number of amides is 2. The number of anilines is 1. The number of nitrogens with one attached hydrogen (secondary N) is 3. The Labute approximate surface area is 159 Å². The molecule has 1 unspecified atom stereocenters. The maximum atomic E-state index is 12.4. The van der Waals surface area contributed by atoms with Crippen molar-refractivity contribution in [3.05, 3.63) is 53.4 Å². The zero-order valence-corrected chi connectivity index (χ0v) is 15.5. The van der Waals surface area contributed by atoms with Crippen molar-refractivity contribution in [1.82, 2.24) is 16.0 Å². The summed E-state index contributed by atoms with van der Waals surface area (Å²) in [5, 5.41) is 9.64. The van der Waals surface area contributed by atoms with Gasteiger partial charge in [0.15, 0.2) is 5.96 Å². The van der Waals surface area contributed by atoms with Crippen molar-refractivity contribution < 1.29 is 4.79 Å². The number of rotatable bonds is 8. The number of fused-ring (bicyclic) bond motifs is 1. The zero-order valence-electron chi connectivity index (χ0n) is 15.5. The summed E-state index contributed by atoms with van der Waals surface area (Å²) >= 11 is 0. The summed E-state index contributed by atoms with van der Waals surface area (Å²) in [5.74, 6) is 0.128. The molecular formula is C19H27N7O. The summed E-state index contributed by atoms with van der Waals surface area (Å²) in [6.07, 6.45) is 5.66. The van der Waals surface area contributed by atoms with Crippen LogP contribution in [0.4, 0.5) is 10.5 Å². The normalized spacial score (nSPS) is 18.2. The van der Waals surface area contributed by atoms with Crippen molar-refractivity contribution >= 4 is 17.7 Å². The Morgan fingerprint density at radius 2 is 2.04 bits per heavy atom. The van der Waals surface area contributed by atoms with Gasteiger partial charge in [-0.15, -0.1) is 0 Å². The summed E-state index contributed by atoms with van der Waals surface area (Å²) in [7, 11) is 0. The number of nitrogens with zero attached hydrogens (tertiary/aromatic N) is 2. The molecule has 0 aromatic heterocycles. The van der Waals surface area contributed by atoms with E-state index in [2.05, 4.69) is 33.9 Å². The molecule has 0 saturated carbocycles. The molecule has 27 heavy (non-hydrogen) atoms. The lowest BCUT2D eigenvalue weighted by atomic mass is 10.1. The Bertz CT molecular complexity index is 763. The third-order valence-corrected chi connectivity index (χ3v) is 4.50. The van der Waals surface area contributed by atoms with Crippen LogP contribution in [0.25, 0.3) is 0 Å². The smallest absolute Gasteiger partial charge is 0.327 e. The van der Waals surface area contributed by atoms with E-state index in [-0.39, 0.29) is 18.2 Å². The lowest BCUT2D eigenvalue weighted by molar-refractivity contribution is 0.243. The first-order valence-electron chi connectivity index (χ1n) is 9.20. The maximum Gasteiger partial charge on any atom is 0.327 e. The molecule has 8 nitrogen and oxygen atoms in total. The van der Waals surface area contributed by atoms with Crippen LogP contribution in [-0.4, -0.2) is 31.2 Å². The second-order valence-electron chi connectivity index (χ2n) is 6.55. The summed E-state index contributed by atoms with van der Waals surface area (Å²) in [5.41, 5.74) is 14.8. The first-order valence-corrected chi connectivity index (χ1v) is 9.20. The summed E-state index contributed by atoms with van der Waals surface area (Å²) < 4.78 is 0. The third-order valence-electron chi connectivity index (χ3n) is 4.50. The molecule has 1 atom stereocenters. The van der Waals surface area contributed by atoms with Crippen LogP contribution in [0, 0.1) is 0 Å². The average molecular weight is 369 g/mol. The molecule has 0 fully saturated rings. The highest BCUT2D eigenvalue weighted by Crippen LogP contribution is 2.25. The fourth-order valence-electron chi connectivity index (χ4n) is 3.04. The van der Waals surface area contributed by atoms with E-state index >= 15 is 0 Å². The molecule has 0 aliphatic carbocycles. The van der Waals surface area contributed by atoms with Crippen molar-refractivity contribution in [2.24, 2.45) is 16.5 Å². The molecule has 0 saturated heterocycles. The molecule has 0 bridgehead atoms.